The SMILES string of the molecule is CCNc1nc(C)c(C)nc1-c1cccc2cccnc12. The van der Waals surface area contributed by atoms with Crippen molar-refractivity contribution in [2.24, 2.45) is 0 Å². The molecular weight excluding hydrogens is 260 g/mol. The molecule has 4 nitrogen and oxygen atoms in total. The van der Waals surface area contributed by atoms with Crippen LogP contribution >= 0.6 is 0 Å². The minimum atomic E-state index is 0.808. The average molecular weight is 278 g/mol. The number of aryl methyl sites for hydroxylation is 2. The Kier molecular flexibility index (Phi) is 3.52. The van der Waals surface area contributed by atoms with Gasteiger partial charge in [-0.25, -0.2) is 9.97 Å². The van der Waals surface area contributed by atoms with Crippen molar-refractivity contribution in [3.8, 4) is 11.3 Å². The number of fused-ring (bicyclic) bond motifs is 1. The summed E-state index contributed by atoms with van der Waals surface area (Å²) in [5, 5.41) is 4.41. The summed E-state index contributed by atoms with van der Waals surface area (Å²) in [6.07, 6.45) is 1.81. The quantitative estimate of drug-likeness (QED) is 0.793. The van der Waals surface area contributed by atoms with Gasteiger partial charge >= 0.3 is 0 Å². The molecule has 3 aromatic rings. The molecule has 0 unspecified atom stereocenters. The first-order valence-corrected chi connectivity index (χ1v) is 7.14. The molecule has 0 bridgehead atoms. The van der Waals surface area contributed by atoms with Crippen LogP contribution in [0.5, 0.6) is 0 Å². The lowest BCUT2D eigenvalue weighted by atomic mass is 10.1. The molecule has 0 atom stereocenters. The van der Waals surface area contributed by atoms with Crippen molar-refractivity contribution in [2.75, 3.05) is 11.9 Å². The zero-order valence-electron chi connectivity index (χ0n) is 12.5. The van der Waals surface area contributed by atoms with Crippen molar-refractivity contribution in [2.45, 2.75) is 20.8 Å². The predicted molar refractivity (Wildman–Crippen MR) is 86.4 cm³/mol. The Morgan fingerprint density at radius 1 is 1.00 bits per heavy atom. The molecule has 106 valence electrons. The fourth-order valence-electron chi connectivity index (χ4n) is 2.38. The Labute approximate surface area is 124 Å². The highest BCUT2D eigenvalue weighted by Gasteiger charge is 2.13. The minimum absolute atomic E-state index is 0.808. The van der Waals surface area contributed by atoms with E-state index in [9.17, 15) is 0 Å². The fraction of sp³-hybridized carbons (Fsp3) is 0.235. The number of pyridine rings is 1. The smallest absolute Gasteiger partial charge is 0.153 e. The number of nitrogens with one attached hydrogen (secondary N) is 1. The van der Waals surface area contributed by atoms with Gasteiger partial charge < -0.3 is 5.32 Å². The first-order chi connectivity index (χ1) is 10.2. The molecule has 1 N–H and O–H groups in total. The fourth-order valence-corrected chi connectivity index (χ4v) is 2.38. The van der Waals surface area contributed by atoms with Crippen LogP contribution in [-0.2, 0) is 0 Å². The van der Waals surface area contributed by atoms with Gasteiger partial charge in [-0.3, -0.25) is 4.98 Å². The van der Waals surface area contributed by atoms with E-state index in [2.05, 4.69) is 40.4 Å². The van der Waals surface area contributed by atoms with E-state index < -0.39 is 0 Å². The second-order valence-corrected chi connectivity index (χ2v) is 5.00. The molecule has 0 aliphatic rings. The number of aromatic nitrogens is 3. The molecule has 0 aliphatic carbocycles. The van der Waals surface area contributed by atoms with Crippen LogP contribution in [0.4, 0.5) is 5.82 Å². The second kappa shape index (κ2) is 5.48. The monoisotopic (exact) mass is 278 g/mol. The molecule has 0 aliphatic heterocycles. The Morgan fingerprint density at radius 3 is 2.57 bits per heavy atom. The van der Waals surface area contributed by atoms with Gasteiger partial charge in [0.25, 0.3) is 0 Å². The third-order valence-corrected chi connectivity index (χ3v) is 3.54. The van der Waals surface area contributed by atoms with Crippen LogP contribution in [0.15, 0.2) is 36.5 Å². The van der Waals surface area contributed by atoms with Gasteiger partial charge in [-0.2, -0.15) is 0 Å². The Hall–Kier alpha value is -2.49. The normalized spacial score (nSPS) is 10.8. The maximum atomic E-state index is 4.75. The first kappa shape index (κ1) is 13.5. The number of nitrogens with zero attached hydrogens (tertiary/aromatic N) is 3. The van der Waals surface area contributed by atoms with E-state index in [0.717, 1.165) is 45.9 Å². The van der Waals surface area contributed by atoms with Gasteiger partial charge in [-0.1, -0.05) is 24.3 Å². The molecule has 4 heteroatoms. The van der Waals surface area contributed by atoms with Crippen LogP contribution in [0.25, 0.3) is 22.2 Å². The molecule has 2 aromatic heterocycles. The van der Waals surface area contributed by atoms with Gasteiger partial charge in [0, 0.05) is 23.7 Å². The number of benzene rings is 1. The highest BCUT2D eigenvalue weighted by atomic mass is 15.0. The number of hydrogen-bond donors (Lipinski definition) is 1. The van der Waals surface area contributed by atoms with E-state index in [4.69, 9.17) is 4.98 Å². The van der Waals surface area contributed by atoms with Crippen LogP contribution in [0.2, 0.25) is 0 Å². The van der Waals surface area contributed by atoms with Crippen LogP contribution < -0.4 is 5.32 Å². The minimum Gasteiger partial charge on any atom is -0.369 e. The topological polar surface area (TPSA) is 50.7 Å². The molecular formula is C17H18N4. The molecule has 0 saturated heterocycles. The number of hydrogen-bond acceptors (Lipinski definition) is 4. The summed E-state index contributed by atoms with van der Waals surface area (Å²) in [6.45, 7) is 6.83. The zero-order valence-corrected chi connectivity index (χ0v) is 12.5. The molecule has 3 rings (SSSR count). The molecule has 0 radical (unpaired) electrons. The number of anilines is 1. The first-order valence-electron chi connectivity index (χ1n) is 7.14. The largest absolute Gasteiger partial charge is 0.369 e. The molecule has 2 heterocycles. The predicted octanol–water partition coefficient (Wildman–Crippen LogP) is 3.74. The summed E-state index contributed by atoms with van der Waals surface area (Å²) in [7, 11) is 0. The Balaban J connectivity index is 2.29. The van der Waals surface area contributed by atoms with Gasteiger partial charge in [0.1, 0.15) is 5.69 Å². The van der Waals surface area contributed by atoms with E-state index in [-0.39, 0.29) is 0 Å². The molecule has 0 fully saturated rings. The van der Waals surface area contributed by atoms with Gasteiger partial charge in [0.05, 0.1) is 16.9 Å². The van der Waals surface area contributed by atoms with Crippen molar-refractivity contribution in [1.82, 2.24) is 15.0 Å². The summed E-state index contributed by atoms with van der Waals surface area (Å²) in [5.74, 6) is 0.818. The molecule has 0 amide bonds. The zero-order chi connectivity index (χ0) is 14.8. The average Bonchev–Trinajstić information content (AvgIpc) is 2.50. The van der Waals surface area contributed by atoms with E-state index >= 15 is 0 Å². The van der Waals surface area contributed by atoms with Crippen molar-refractivity contribution in [3.63, 3.8) is 0 Å². The summed E-state index contributed by atoms with van der Waals surface area (Å²) in [5.41, 5.74) is 4.73. The van der Waals surface area contributed by atoms with Crippen LogP contribution in [-0.4, -0.2) is 21.5 Å². The van der Waals surface area contributed by atoms with E-state index in [0.29, 0.717) is 0 Å². The van der Waals surface area contributed by atoms with Gasteiger partial charge in [-0.05, 0) is 26.8 Å². The van der Waals surface area contributed by atoms with Gasteiger partial charge in [0.2, 0.25) is 0 Å². The molecule has 0 saturated carbocycles. The lowest BCUT2D eigenvalue weighted by Crippen LogP contribution is -2.06. The van der Waals surface area contributed by atoms with Crippen LogP contribution in [0.1, 0.15) is 18.3 Å². The maximum Gasteiger partial charge on any atom is 0.153 e. The van der Waals surface area contributed by atoms with Gasteiger partial charge in [0.15, 0.2) is 5.82 Å². The Bertz CT molecular complexity index is 791. The van der Waals surface area contributed by atoms with Crippen LogP contribution in [0.3, 0.4) is 0 Å². The lowest BCUT2D eigenvalue weighted by Gasteiger charge is -2.13. The standard InChI is InChI=1S/C17H18N4/c1-4-18-17-16(20-11(2)12(3)21-17)14-9-5-7-13-8-6-10-19-15(13)14/h5-10H,4H2,1-3H3,(H,18,21). The summed E-state index contributed by atoms with van der Waals surface area (Å²) < 4.78 is 0. The van der Waals surface area contributed by atoms with Crippen molar-refractivity contribution >= 4 is 16.7 Å². The van der Waals surface area contributed by atoms with E-state index in [1.54, 1.807) is 0 Å². The van der Waals surface area contributed by atoms with E-state index in [1.165, 1.54) is 0 Å². The highest BCUT2D eigenvalue weighted by molar-refractivity contribution is 5.94. The van der Waals surface area contributed by atoms with Gasteiger partial charge in [-0.15, -0.1) is 0 Å². The number of para-hydroxylation sites is 1. The lowest BCUT2D eigenvalue weighted by molar-refractivity contribution is 1.03. The third-order valence-electron chi connectivity index (χ3n) is 3.54. The molecule has 1 aromatic carbocycles. The summed E-state index contributed by atoms with van der Waals surface area (Å²) in [4.78, 5) is 13.9. The van der Waals surface area contributed by atoms with Crippen molar-refractivity contribution in [1.29, 1.82) is 0 Å². The molecule has 0 spiro atoms. The summed E-state index contributed by atoms with van der Waals surface area (Å²) in [6, 6.07) is 10.2. The summed E-state index contributed by atoms with van der Waals surface area (Å²) >= 11 is 0. The number of rotatable bonds is 3. The highest BCUT2D eigenvalue weighted by Crippen LogP contribution is 2.30. The molecule has 21 heavy (non-hydrogen) atoms. The van der Waals surface area contributed by atoms with Crippen molar-refractivity contribution in [3.05, 3.63) is 47.9 Å². The van der Waals surface area contributed by atoms with Crippen LogP contribution in [0, 0.1) is 13.8 Å². The third kappa shape index (κ3) is 2.44. The van der Waals surface area contributed by atoms with E-state index in [1.807, 2.05) is 32.2 Å². The Morgan fingerprint density at radius 2 is 1.76 bits per heavy atom. The second-order valence-electron chi connectivity index (χ2n) is 5.00. The maximum absolute atomic E-state index is 4.75. The van der Waals surface area contributed by atoms with Crippen molar-refractivity contribution < 1.29 is 0 Å².